The number of nitrogens with one attached hydrogen (secondary N) is 3. The average molecular weight is 275 g/mol. The predicted octanol–water partition coefficient (Wildman–Crippen LogP) is -0.770. The highest BCUT2D eigenvalue weighted by Gasteiger charge is 2.09. The molecule has 0 spiro atoms. The zero-order valence-corrected chi connectivity index (χ0v) is 10.1. The van der Waals surface area contributed by atoms with Gasteiger partial charge in [0.15, 0.2) is 0 Å². The van der Waals surface area contributed by atoms with Gasteiger partial charge in [-0.3, -0.25) is 4.79 Å². The van der Waals surface area contributed by atoms with Crippen LogP contribution in [0.1, 0.15) is 19.3 Å². The molecule has 1 unspecified atom stereocenters. The number of carboxylic acid groups (broad SMARTS) is 1. The Morgan fingerprint density at radius 3 is 1.58 bits per heavy atom. The zero-order chi connectivity index (χ0) is 16.1. The molecule has 108 valence electrons. The quantitative estimate of drug-likeness (QED) is 0.214. The summed E-state index contributed by atoms with van der Waals surface area (Å²) in [6.45, 7) is 0.604. The summed E-state index contributed by atoms with van der Waals surface area (Å²) in [7, 11) is 0. The molecule has 0 saturated carbocycles. The summed E-state index contributed by atoms with van der Waals surface area (Å²) in [5.41, 5.74) is 10.4. The molecular weight excluding hydrogens is 258 g/mol. The Bertz CT molecular complexity index is 274. The van der Waals surface area contributed by atoms with Crippen LogP contribution in [0.15, 0.2) is 0 Å². The van der Waals surface area contributed by atoms with Gasteiger partial charge in [-0.2, -0.15) is 0 Å². The summed E-state index contributed by atoms with van der Waals surface area (Å²) < 4.78 is 0. The van der Waals surface area contributed by atoms with Gasteiger partial charge in [-0.1, -0.05) is 6.42 Å². The molecule has 0 aromatic heterocycles. The van der Waals surface area contributed by atoms with Crippen LogP contribution in [0.3, 0.4) is 0 Å². The van der Waals surface area contributed by atoms with E-state index in [0.29, 0.717) is 13.0 Å². The number of hydrogen-bond donors (Lipinski definition) is 6. The fourth-order valence-corrected chi connectivity index (χ4v) is 0.632. The minimum atomic E-state index is -0.933. The van der Waals surface area contributed by atoms with Gasteiger partial charge in [-0.15, -0.1) is 0 Å². The van der Waals surface area contributed by atoms with Crippen molar-refractivity contribution in [1.82, 2.24) is 0 Å². The highest BCUT2D eigenvalue weighted by molar-refractivity contribution is 5.72. The van der Waals surface area contributed by atoms with Crippen molar-refractivity contribution in [2.24, 2.45) is 11.5 Å². The van der Waals surface area contributed by atoms with Crippen molar-refractivity contribution in [2.45, 2.75) is 25.3 Å². The SMILES string of the molecule is N=C=O.N=C=O.N=C=O.NCCCCC(N)C(=O)O. The molecule has 0 aliphatic heterocycles. The average Bonchev–Trinajstić information content (AvgIpc) is 2.32. The van der Waals surface area contributed by atoms with Crippen molar-refractivity contribution in [3.05, 3.63) is 0 Å². The summed E-state index contributed by atoms with van der Waals surface area (Å²) in [5.74, 6) is -0.933. The van der Waals surface area contributed by atoms with E-state index in [2.05, 4.69) is 0 Å². The van der Waals surface area contributed by atoms with Gasteiger partial charge in [-0.05, 0) is 19.4 Å². The third-order valence-electron chi connectivity index (χ3n) is 1.29. The molecule has 0 aliphatic carbocycles. The van der Waals surface area contributed by atoms with Crippen LogP contribution in [0.2, 0.25) is 0 Å². The lowest BCUT2D eigenvalue weighted by molar-refractivity contribution is -0.138. The zero-order valence-electron chi connectivity index (χ0n) is 10.1. The summed E-state index contributed by atoms with van der Waals surface area (Å²) in [5, 5.41) is 24.5. The van der Waals surface area contributed by atoms with Crippen LogP contribution >= 0.6 is 0 Å². The lowest BCUT2D eigenvalue weighted by Gasteiger charge is -2.03. The van der Waals surface area contributed by atoms with Crippen molar-refractivity contribution >= 4 is 24.2 Å². The second kappa shape index (κ2) is 29.6. The topological polar surface area (TPSA) is 212 Å². The van der Waals surface area contributed by atoms with Crippen LogP contribution in [-0.2, 0) is 19.2 Å². The van der Waals surface area contributed by atoms with Crippen LogP contribution in [0, 0.1) is 16.2 Å². The second-order valence-corrected chi connectivity index (χ2v) is 2.54. The molecular formula is C9H17N5O5. The maximum atomic E-state index is 10.1. The Hall–Kier alpha value is -2.47. The molecule has 8 N–H and O–H groups in total. The lowest BCUT2D eigenvalue weighted by Crippen LogP contribution is -2.29. The van der Waals surface area contributed by atoms with Gasteiger partial charge < -0.3 is 16.6 Å². The van der Waals surface area contributed by atoms with Crippen molar-refractivity contribution < 1.29 is 24.3 Å². The third-order valence-corrected chi connectivity index (χ3v) is 1.29. The van der Waals surface area contributed by atoms with Crippen LogP contribution in [-0.4, -0.2) is 41.9 Å². The minimum Gasteiger partial charge on any atom is -0.480 e. The molecule has 19 heavy (non-hydrogen) atoms. The molecule has 1 atom stereocenters. The van der Waals surface area contributed by atoms with Gasteiger partial charge in [-0.25, -0.2) is 30.6 Å². The van der Waals surface area contributed by atoms with E-state index in [0.717, 1.165) is 31.1 Å². The van der Waals surface area contributed by atoms with E-state index in [1.807, 2.05) is 0 Å². The Morgan fingerprint density at radius 2 is 1.37 bits per heavy atom. The minimum absolute atomic E-state index is 0.520. The largest absolute Gasteiger partial charge is 0.480 e. The highest BCUT2D eigenvalue weighted by atomic mass is 16.4. The fourth-order valence-electron chi connectivity index (χ4n) is 0.632. The first-order valence-electron chi connectivity index (χ1n) is 4.73. The Kier molecular flexibility index (Phi) is 39.5. The number of nitrogens with two attached hydrogens (primary N) is 2. The van der Waals surface area contributed by atoms with E-state index in [-0.39, 0.29) is 0 Å². The number of aliphatic carboxylic acids is 1. The van der Waals surface area contributed by atoms with Crippen LogP contribution in [0.25, 0.3) is 0 Å². The molecule has 0 saturated heterocycles. The van der Waals surface area contributed by atoms with E-state index in [1.165, 1.54) is 0 Å². The molecule has 0 heterocycles. The molecule has 0 radical (unpaired) electrons. The molecule has 0 fully saturated rings. The Balaban J connectivity index is -0.000000103. The summed E-state index contributed by atoms with van der Waals surface area (Å²) in [6, 6.07) is -0.716. The smallest absolute Gasteiger partial charge is 0.320 e. The highest BCUT2D eigenvalue weighted by Crippen LogP contribution is 1.96. The van der Waals surface area contributed by atoms with Gasteiger partial charge in [0.25, 0.3) is 0 Å². The monoisotopic (exact) mass is 275 g/mol. The first kappa shape index (κ1) is 25.4. The number of hydrogen-bond acceptors (Lipinski definition) is 9. The van der Waals surface area contributed by atoms with Gasteiger partial charge in [0.1, 0.15) is 6.04 Å². The van der Waals surface area contributed by atoms with Gasteiger partial charge >= 0.3 is 5.97 Å². The van der Waals surface area contributed by atoms with Crippen molar-refractivity contribution in [3.8, 4) is 0 Å². The van der Waals surface area contributed by atoms with Crippen LogP contribution < -0.4 is 11.5 Å². The van der Waals surface area contributed by atoms with E-state index < -0.39 is 12.0 Å². The Morgan fingerprint density at radius 1 is 1.05 bits per heavy atom. The normalized spacial score (nSPS) is 8.11. The summed E-state index contributed by atoms with van der Waals surface area (Å²) in [4.78, 5) is 35.2. The standard InChI is InChI=1S/C6H14N2O2.3CHNO/c7-4-2-1-3-5(8)6(9)10;3*2-1-3/h5H,1-4,7-8H2,(H,9,10);3*2H. The first-order valence-corrected chi connectivity index (χ1v) is 4.73. The molecule has 0 aromatic carbocycles. The number of carbonyl (C=O) groups is 1. The molecule has 0 rings (SSSR count). The van der Waals surface area contributed by atoms with E-state index in [9.17, 15) is 4.79 Å². The molecule has 0 bridgehead atoms. The Labute approximate surface area is 109 Å². The summed E-state index contributed by atoms with van der Waals surface area (Å²) in [6.07, 6.45) is 4.41. The maximum Gasteiger partial charge on any atom is 0.320 e. The molecule has 10 nitrogen and oxygen atoms in total. The fraction of sp³-hybridized carbons (Fsp3) is 0.556. The molecule has 0 amide bonds. The van der Waals surface area contributed by atoms with Gasteiger partial charge in [0.2, 0.25) is 18.2 Å². The van der Waals surface area contributed by atoms with E-state index in [4.69, 9.17) is 47.2 Å². The second-order valence-electron chi connectivity index (χ2n) is 2.54. The van der Waals surface area contributed by atoms with E-state index >= 15 is 0 Å². The number of isocyanates is 3. The van der Waals surface area contributed by atoms with Gasteiger partial charge in [0, 0.05) is 0 Å². The first-order chi connectivity index (χ1) is 8.92. The molecule has 10 heteroatoms. The summed E-state index contributed by atoms with van der Waals surface area (Å²) >= 11 is 0. The molecule has 0 aromatic rings. The number of carboxylic acids is 1. The van der Waals surface area contributed by atoms with E-state index in [1.54, 1.807) is 0 Å². The van der Waals surface area contributed by atoms with Crippen molar-refractivity contribution in [2.75, 3.05) is 6.54 Å². The predicted molar refractivity (Wildman–Crippen MR) is 63.8 cm³/mol. The number of unbranched alkanes of at least 4 members (excludes halogenated alkanes) is 1. The van der Waals surface area contributed by atoms with Crippen LogP contribution in [0.5, 0.6) is 0 Å². The number of carbonyl (C=O) groups excluding carboxylic acids is 3. The van der Waals surface area contributed by atoms with Gasteiger partial charge in [0.05, 0.1) is 0 Å². The maximum absolute atomic E-state index is 10.1. The number of rotatable bonds is 5. The van der Waals surface area contributed by atoms with Crippen molar-refractivity contribution in [1.29, 1.82) is 16.2 Å². The third kappa shape index (κ3) is 66.7. The van der Waals surface area contributed by atoms with Crippen molar-refractivity contribution in [3.63, 3.8) is 0 Å². The lowest BCUT2D eigenvalue weighted by atomic mass is 10.1. The van der Waals surface area contributed by atoms with Crippen LogP contribution in [0.4, 0.5) is 0 Å². The molecule has 0 aliphatic rings.